The summed E-state index contributed by atoms with van der Waals surface area (Å²) in [5.41, 5.74) is 4.27. The van der Waals surface area contributed by atoms with Crippen molar-refractivity contribution in [2.24, 2.45) is 0 Å². The Bertz CT molecular complexity index is 1290. The summed E-state index contributed by atoms with van der Waals surface area (Å²) in [6.07, 6.45) is -1.16. The molecule has 0 radical (unpaired) electrons. The van der Waals surface area contributed by atoms with Crippen LogP contribution in [0.4, 0.5) is 5.69 Å². The van der Waals surface area contributed by atoms with Crippen molar-refractivity contribution < 1.29 is 23.5 Å². The molecule has 1 N–H and O–H groups in total. The molecule has 33 heavy (non-hydrogen) atoms. The van der Waals surface area contributed by atoms with E-state index >= 15 is 0 Å². The summed E-state index contributed by atoms with van der Waals surface area (Å²) in [7, 11) is 1.54. The molecule has 0 spiro atoms. The number of methoxy groups -OCH3 is 1. The molecule has 0 saturated heterocycles. The molecule has 4 aromatic rings. The van der Waals surface area contributed by atoms with Crippen molar-refractivity contribution in [3.8, 4) is 0 Å². The number of esters is 1. The van der Waals surface area contributed by atoms with Gasteiger partial charge in [-0.25, -0.2) is 4.79 Å². The first-order valence-electron chi connectivity index (χ1n) is 10.6. The highest BCUT2D eigenvalue weighted by Gasteiger charge is 2.30. The number of carbonyl (C=O) groups is 2. The van der Waals surface area contributed by atoms with Crippen LogP contribution < -0.4 is 5.32 Å². The third-order valence-electron chi connectivity index (χ3n) is 5.39. The Morgan fingerprint density at radius 2 is 1.70 bits per heavy atom. The minimum absolute atomic E-state index is 0.0264. The number of fused-ring (bicyclic) bond motifs is 1. The Labute approximate surface area is 192 Å². The van der Waals surface area contributed by atoms with Gasteiger partial charge in [0.25, 0.3) is 5.91 Å². The molecule has 6 heteroatoms. The average molecular weight is 443 g/mol. The van der Waals surface area contributed by atoms with E-state index < -0.39 is 18.0 Å². The second-order valence-corrected chi connectivity index (χ2v) is 7.84. The number of ether oxygens (including phenoxy) is 2. The SMILES string of the molecule is COCc1c(C(=O)OC(C(=O)Nc2cc(C)ccc2C)c2ccccc2)oc2ccccc12. The van der Waals surface area contributed by atoms with Gasteiger partial charge in [0.15, 0.2) is 0 Å². The van der Waals surface area contributed by atoms with E-state index in [0.717, 1.165) is 16.5 Å². The molecular weight excluding hydrogens is 418 g/mol. The van der Waals surface area contributed by atoms with Gasteiger partial charge in [-0.1, -0.05) is 60.7 Å². The lowest BCUT2D eigenvalue weighted by Gasteiger charge is -2.19. The molecule has 1 unspecified atom stereocenters. The first kappa shape index (κ1) is 22.3. The lowest BCUT2D eigenvalue weighted by molar-refractivity contribution is -0.125. The molecule has 0 fully saturated rings. The van der Waals surface area contributed by atoms with Crippen LogP contribution in [0, 0.1) is 13.8 Å². The maximum absolute atomic E-state index is 13.3. The first-order valence-corrected chi connectivity index (χ1v) is 10.6. The largest absolute Gasteiger partial charge is 0.449 e. The third-order valence-corrected chi connectivity index (χ3v) is 5.39. The van der Waals surface area contributed by atoms with Crippen molar-refractivity contribution >= 4 is 28.5 Å². The summed E-state index contributed by atoms with van der Waals surface area (Å²) in [6.45, 7) is 4.03. The minimum atomic E-state index is -1.16. The average Bonchev–Trinajstić information content (AvgIpc) is 3.19. The Kier molecular flexibility index (Phi) is 6.56. The summed E-state index contributed by atoms with van der Waals surface area (Å²) in [4.78, 5) is 26.5. The number of hydrogen-bond donors (Lipinski definition) is 1. The van der Waals surface area contributed by atoms with E-state index in [9.17, 15) is 9.59 Å². The zero-order chi connectivity index (χ0) is 23.4. The van der Waals surface area contributed by atoms with Crippen LogP contribution in [0.3, 0.4) is 0 Å². The topological polar surface area (TPSA) is 77.8 Å². The van der Waals surface area contributed by atoms with E-state index in [4.69, 9.17) is 13.9 Å². The van der Waals surface area contributed by atoms with Gasteiger partial charge < -0.3 is 19.2 Å². The number of furan rings is 1. The molecule has 6 nitrogen and oxygen atoms in total. The number of para-hydroxylation sites is 1. The monoisotopic (exact) mass is 443 g/mol. The zero-order valence-electron chi connectivity index (χ0n) is 18.8. The number of hydrogen-bond acceptors (Lipinski definition) is 5. The van der Waals surface area contributed by atoms with Crippen molar-refractivity contribution in [2.75, 3.05) is 12.4 Å². The van der Waals surface area contributed by atoms with Gasteiger partial charge in [-0.2, -0.15) is 0 Å². The Hall–Kier alpha value is -3.90. The van der Waals surface area contributed by atoms with Gasteiger partial charge in [0.1, 0.15) is 5.58 Å². The molecule has 3 aromatic carbocycles. The minimum Gasteiger partial charge on any atom is -0.449 e. The summed E-state index contributed by atoms with van der Waals surface area (Å²) < 4.78 is 16.8. The van der Waals surface area contributed by atoms with E-state index in [0.29, 0.717) is 22.4 Å². The fourth-order valence-corrected chi connectivity index (χ4v) is 3.68. The second-order valence-electron chi connectivity index (χ2n) is 7.84. The van der Waals surface area contributed by atoms with Gasteiger partial charge in [-0.3, -0.25) is 4.79 Å². The molecule has 1 aromatic heterocycles. The number of benzene rings is 3. The third kappa shape index (κ3) is 4.81. The summed E-state index contributed by atoms with van der Waals surface area (Å²) in [5.74, 6) is -1.16. The van der Waals surface area contributed by atoms with Crippen LogP contribution in [0.15, 0.2) is 77.2 Å². The fraction of sp³-hybridized carbons (Fsp3) is 0.185. The highest BCUT2D eigenvalue weighted by atomic mass is 16.6. The number of nitrogens with one attached hydrogen (secondary N) is 1. The lowest BCUT2D eigenvalue weighted by atomic mass is 10.1. The molecule has 168 valence electrons. The predicted molar refractivity (Wildman–Crippen MR) is 126 cm³/mol. The standard InChI is InChI=1S/C27H25NO5/c1-17-13-14-18(2)22(15-17)28-26(29)24(19-9-5-4-6-10-19)33-27(30)25-21(16-31-3)20-11-7-8-12-23(20)32-25/h4-15,24H,16H2,1-3H3,(H,28,29). The maximum Gasteiger partial charge on any atom is 0.375 e. The van der Waals surface area contributed by atoms with Gasteiger partial charge >= 0.3 is 5.97 Å². The van der Waals surface area contributed by atoms with Crippen LogP contribution >= 0.6 is 0 Å². The number of amides is 1. The number of anilines is 1. The highest BCUT2D eigenvalue weighted by molar-refractivity contribution is 6.00. The van der Waals surface area contributed by atoms with E-state index in [1.807, 2.05) is 56.3 Å². The van der Waals surface area contributed by atoms with Crippen molar-refractivity contribution in [1.82, 2.24) is 0 Å². The van der Waals surface area contributed by atoms with Crippen molar-refractivity contribution in [3.63, 3.8) is 0 Å². The zero-order valence-corrected chi connectivity index (χ0v) is 18.8. The van der Waals surface area contributed by atoms with Crippen LogP contribution in [0.25, 0.3) is 11.0 Å². The molecule has 1 heterocycles. The summed E-state index contributed by atoms with van der Waals surface area (Å²) >= 11 is 0. The highest BCUT2D eigenvalue weighted by Crippen LogP contribution is 2.30. The predicted octanol–water partition coefficient (Wildman–Crippen LogP) is 5.73. The lowest BCUT2D eigenvalue weighted by Crippen LogP contribution is -2.26. The van der Waals surface area contributed by atoms with Crippen LogP contribution in [-0.2, 0) is 20.9 Å². The Morgan fingerprint density at radius 3 is 2.45 bits per heavy atom. The van der Waals surface area contributed by atoms with Crippen molar-refractivity contribution in [1.29, 1.82) is 0 Å². The van der Waals surface area contributed by atoms with Crippen LogP contribution in [0.2, 0.25) is 0 Å². The van der Waals surface area contributed by atoms with Crippen LogP contribution in [0.1, 0.15) is 38.9 Å². The number of aryl methyl sites for hydroxylation is 2. The van der Waals surface area contributed by atoms with Gasteiger partial charge in [-0.15, -0.1) is 0 Å². The molecule has 1 amide bonds. The molecule has 4 rings (SSSR count). The molecule has 0 aliphatic heterocycles. The normalized spacial score (nSPS) is 11.8. The summed E-state index contributed by atoms with van der Waals surface area (Å²) in [5, 5.41) is 3.67. The fourth-order valence-electron chi connectivity index (χ4n) is 3.68. The van der Waals surface area contributed by atoms with Crippen molar-refractivity contribution in [2.45, 2.75) is 26.6 Å². The van der Waals surface area contributed by atoms with Crippen LogP contribution in [0.5, 0.6) is 0 Å². The molecule has 0 bridgehead atoms. The summed E-state index contributed by atoms with van der Waals surface area (Å²) in [6, 6.07) is 22.0. The number of rotatable bonds is 7. The van der Waals surface area contributed by atoms with Gasteiger partial charge in [0, 0.05) is 29.3 Å². The van der Waals surface area contributed by atoms with Gasteiger partial charge in [0.2, 0.25) is 11.9 Å². The van der Waals surface area contributed by atoms with E-state index in [-0.39, 0.29) is 12.4 Å². The van der Waals surface area contributed by atoms with Gasteiger partial charge in [0.05, 0.1) is 6.61 Å². The van der Waals surface area contributed by atoms with Gasteiger partial charge in [-0.05, 0) is 37.1 Å². The molecule has 0 saturated carbocycles. The smallest absolute Gasteiger partial charge is 0.375 e. The maximum atomic E-state index is 13.3. The van der Waals surface area contributed by atoms with E-state index in [1.165, 1.54) is 0 Å². The van der Waals surface area contributed by atoms with Crippen LogP contribution in [-0.4, -0.2) is 19.0 Å². The van der Waals surface area contributed by atoms with E-state index in [2.05, 4.69) is 5.32 Å². The number of carbonyl (C=O) groups excluding carboxylic acids is 2. The molecule has 1 atom stereocenters. The first-order chi connectivity index (χ1) is 16.0. The Morgan fingerprint density at radius 1 is 0.970 bits per heavy atom. The molecular formula is C27H25NO5. The quantitative estimate of drug-likeness (QED) is 0.369. The molecule has 0 aliphatic carbocycles. The molecule has 0 aliphatic rings. The Balaban J connectivity index is 1.67. The van der Waals surface area contributed by atoms with E-state index in [1.54, 1.807) is 37.4 Å². The second kappa shape index (κ2) is 9.71. The van der Waals surface area contributed by atoms with Crippen molar-refractivity contribution in [3.05, 3.63) is 101 Å².